The first kappa shape index (κ1) is 15.1. The van der Waals surface area contributed by atoms with Crippen LogP contribution < -0.4 is 5.32 Å². The fraction of sp³-hybridized carbons (Fsp3) is 0.867. The van der Waals surface area contributed by atoms with Gasteiger partial charge in [-0.25, -0.2) is 4.79 Å². The highest BCUT2D eigenvalue weighted by atomic mass is 16.4. The summed E-state index contributed by atoms with van der Waals surface area (Å²) in [5.74, 6) is -0.0455. The van der Waals surface area contributed by atoms with Crippen molar-refractivity contribution < 1.29 is 14.7 Å². The predicted octanol–water partition coefficient (Wildman–Crippen LogP) is 2.46. The predicted molar refractivity (Wildman–Crippen MR) is 76.5 cm³/mol. The molecule has 2 N–H and O–H groups in total. The zero-order chi connectivity index (χ0) is 14.6. The van der Waals surface area contributed by atoms with Gasteiger partial charge >= 0.3 is 12.0 Å². The van der Waals surface area contributed by atoms with Crippen LogP contribution in [0.5, 0.6) is 0 Å². The van der Waals surface area contributed by atoms with Crippen LogP contribution in [0.2, 0.25) is 0 Å². The summed E-state index contributed by atoms with van der Waals surface area (Å²) in [6.45, 7) is 3.91. The normalized spacial score (nSPS) is 22.1. The van der Waals surface area contributed by atoms with Crippen molar-refractivity contribution in [2.45, 2.75) is 51.9 Å². The Morgan fingerprint density at radius 2 is 1.95 bits per heavy atom. The minimum Gasteiger partial charge on any atom is -0.481 e. The second-order valence-electron chi connectivity index (χ2n) is 6.31. The summed E-state index contributed by atoms with van der Waals surface area (Å²) in [5.41, 5.74) is -0.612. The van der Waals surface area contributed by atoms with Crippen LogP contribution in [0.1, 0.15) is 51.9 Å². The number of rotatable bonds is 5. The molecule has 0 radical (unpaired) electrons. The molecule has 20 heavy (non-hydrogen) atoms. The van der Waals surface area contributed by atoms with Gasteiger partial charge in [0, 0.05) is 19.6 Å². The summed E-state index contributed by atoms with van der Waals surface area (Å²) in [5, 5.41) is 12.4. The van der Waals surface area contributed by atoms with Gasteiger partial charge in [-0.05, 0) is 38.0 Å². The molecule has 1 saturated heterocycles. The van der Waals surface area contributed by atoms with Crippen LogP contribution in [0.25, 0.3) is 0 Å². The first-order valence-electron chi connectivity index (χ1n) is 7.83. The molecule has 2 rings (SSSR count). The van der Waals surface area contributed by atoms with Gasteiger partial charge in [0.15, 0.2) is 0 Å². The Balaban J connectivity index is 1.79. The number of aliphatic carboxylic acids is 1. The maximum absolute atomic E-state index is 12.0. The topological polar surface area (TPSA) is 69.6 Å². The molecule has 2 fully saturated rings. The lowest BCUT2D eigenvalue weighted by molar-refractivity contribution is -0.152. The summed E-state index contributed by atoms with van der Waals surface area (Å²) in [7, 11) is 0. The molecular formula is C15H26N2O3. The lowest BCUT2D eigenvalue weighted by atomic mass is 9.75. The van der Waals surface area contributed by atoms with E-state index < -0.39 is 11.4 Å². The van der Waals surface area contributed by atoms with Crippen molar-refractivity contribution in [1.82, 2.24) is 10.2 Å². The van der Waals surface area contributed by atoms with Gasteiger partial charge in [0.2, 0.25) is 0 Å². The van der Waals surface area contributed by atoms with Crippen LogP contribution >= 0.6 is 0 Å². The minimum atomic E-state index is -0.700. The quantitative estimate of drug-likeness (QED) is 0.814. The zero-order valence-electron chi connectivity index (χ0n) is 12.4. The third kappa shape index (κ3) is 3.25. The summed E-state index contributed by atoms with van der Waals surface area (Å²) < 4.78 is 0. The van der Waals surface area contributed by atoms with E-state index in [0.717, 1.165) is 13.0 Å². The first-order chi connectivity index (χ1) is 9.57. The summed E-state index contributed by atoms with van der Waals surface area (Å²) in [6, 6.07) is -0.0209. The van der Waals surface area contributed by atoms with Crippen LogP contribution in [0.3, 0.4) is 0 Å². The fourth-order valence-electron chi connectivity index (χ4n) is 3.23. The van der Waals surface area contributed by atoms with E-state index in [1.807, 2.05) is 6.92 Å². The number of hydrogen-bond acceptors (Lipinski definition) is 2. The lowest BCUT2D eigenvalue weighted by Gasteiger charge is -2.39. The minimum absolute atomic E-state index is 0.0209. The molecule has 0 aromatic heterocycles. The third-order valence-electron chi connectivity index (χ3n) is 4.96. The van der Waals surface area contributed by atoms with Crippen LogP contribution in [-0.2, 0) is 4.79 Å². The van der Waals surface area contributed by atoms with Crippen LogP contribution in [0, 0.1) is 11.3 Å². The maximum Gasteiger partial charge on any atom is 0.317 e. The first-order valence-corrected chi connectivity index (χ1v) is 7.83. The van der Waals surface area contributed by atoms with Crippen LogP contribution in [0.15, 0.2) is 0 Å². The van der Waals surface area contributed by atoms with E-state index in [4.69, 9.17) is 0 Å². The Hall–Kier alpha value is -1.26. The van der Waals surface area contributed by atoms with Gasteiger partial charge in [0.25, 0.3) is 0 Å². The Morgan fingerprint density at radius 1 is 1.30 bits per heavy atom. The largest absolute Gasteiger partial charge is 0.481 e. The number of carbonyl (C=O) groups is 2. The molecule has 0 unspecified atom stereocenters. The van der Waals surface area contributed by atoms with Crippen molar-refractivity contribution in [2.24, 2.45) is 11.3 Å². The third-order valence-corrected chi connectivity index (χ3v) is 4.96. The second kappa shape index (κ2) is 6.46. The van der Waals surface area contributed by atoms with Crippen molar-refractivity contribution >= 4 is 12.0 Å². The molecule has 114 valence electrons. The number of likely N-dealkylation sites (tertiary alicyclic amines) is 1. The van der Waals surface area contributed by atoms with E-state index in [1.54, 1.807) is 4.90 Å². The number of carboxylic acids is 1. The molecule has 1 aliphatic heterocycles. The number of carbonyl (C=O) groups excluding carboxylic acids is 1. The number of amides is 2. The molecule has 1 aliphatic carbocycles. The van der Waals surface area contributed by atoms with Gasteiger partial charge in [0.05, 0.1) is 5.41 Å². The molecule has 5 nitrogen and oxygen atoms in total. The maximum atomic E-state index is 12.0. The standard InChI is InChI=1S/C15H26N2O3/c1-2-6-15(13(18)19)7-9-17(10-8-15)14(20)16-11-12-4-3-5-12/h12H,2-11H2,1H3,(H,16,20)(H,18,19). The molecule has 5 heteroatoms. The molecule has 0 aromatic rings. The van der Waals surface area contributed by atoms with Crippen molar-refractivity contribution in [1.29, 1.82) is 0 Å². The van der Waals surface area contributed by atoms with E-state index >= 15 is 0 Å². The zero-order valence-corrected chi connectivity index (χ0v) is 12.4. The van der Waals surface area contributed by atoms with Gasteiger partial charge in [-0.15, -0.1) is 0 Å². The number of piperidine rings is 1. The SMILES string of the molecule is CCCC1(C(=O)O)CCN(C(=O)NCC2CCC2)CC1. The monoisotopic (exact) mass is 282 g/mol. The number of nitrogens with zero attached hydrogens (tertiary/aromatic N) is 1. The highest BCUT2D eigenvalue weighted by Crippen LogP contribution is 2.36. The summed E-state index contributed by atoms with van der Waals surface area (Å²) in [4.78, 5) is 25.3. The Morgan fingerprint density at radius 3 is 2.40 bits per heavy atom. The summed E-state index contributed by atoms with van der Waals surface area (Å²) in [6.07, 6.45) is 6.46. The Kier molecular flexibility index (Phi) is 4.89. The Bertz CT molecular complexity index is 358. The van der Waals surface area contributed by atoms with Crippen molar-refractivity contribution in [3.63, 3.8) is 0 Å². The second-order valence-corrected chi connectivity index (χ2v) is 6.31. The number of carboxylic acid groups (broad SMARTS) is 1. The lowest BCUT2D eigenvalue weighted by Crippen LogP contribution is -2.50. The molecule has 1 heterocycles. The summed E-state index contributed by atoms with van der Waals surface area (Å²) >= 11 is 0. The van der Waals surface area contributed by atoms with Crippen LogP contribution in [0.4, 0.5) is 4.79 Å². The molecule has 0 aromatic carbocycles. The van der Waals surface area contributed by atoms with Crippen LogP contribution in [-0.4, -0.2) is 41.6 Å². The molecule has 2 aliphatic rings. The number of hydrogen-bond donors (Lipinski definition) is 2. The molecule has 0 spiro atoms. The van der Waals surface area contributed by atoms with Gasteiger partial charge in [-0.1, -0.05) is 19.8 Å². The van der Waals surface area contributed by atoms with Gasteiger partial charge in [0.1, 0.15) is 0 Å². The average molecular weight is 282 g/mol. The number of urea groups is 1. The van der Waals surface area contributed by atoms with E-state index in [-0.39, 0.29) is 6.03 Å². The fourth-order valence-corrected chi connectivity index (χ4v) is 3.23. The smallest absolute Gasteiger partial charge is 0.317 e. The van der Waals surface area contributed by atoms with Crippen molar-refractivity contribution in [2.75, 3.05) is 19.6 Å². The van der Waals surface area contributed by atoms with Gasteiger partial charge in [-0.3, -0.25) is 4.79 Å². The van der Waals surface area contributed by atoms with Crippen molar-refractivity contribution in [3.8, 4) is 0 Å². The van der Waals surface area contributed by atoms with Gasteiger partial charge < -0.3 is 15.3 Å². The average Bonchev–Trinajstić information content (AvgIpc) is 2.37. The van der Waals surface area contributed by atoms with Gasteiger partial charge in [-0.2, -0.15) is 0 Å². The van der Waals surface area contributed by atoms with Crippen molar-refractivity contribution in [3.05, 3.63) is 0 Å². The van der Waals surface area contributed by atoms with E-state index in [2.05, 4.69) is 5.32 Å². The van der Waals surface area contributed by atoms with E-state index in [1.165, 1.54) is 19.3 Å². The molecule has 2 amide bonds. The highest BCUT2D eigenvalue weighted by Gasteiger charge is 2.41. The molecule has 1 saturated carbocycles. The van der Waals surface area contributed by atoms with E-state index in [0.29, 0.717) is 38.3 Å². The number of nitrogens with one attached hydrogen (secondary N) is 1. The van der Waals surface area contributed by atoms with E-state index in [9.17, 15) is 14.7 Å². The highest BCUT2D eigenvalue weighted by molar-refractivity contribution is 5.77. The Labute approximate surface area is 120 Å². The molecule has 0 bridgehead atoms. The molecular weight excluding hydrogens is 256 g/mol. The molecule has 0 atom stereocenters.